The van der Waals surface area contributed by atoms with E-state index < -0.39 is 12.0 Å². The molecule has 0 unspecified atom stereocenters. The molecular weight excluding hydrogens is 278 g/mol. The van der Waals surface area contributed by atoms with Crippen molar-refractivity contribution < 1.29 is 9.90 Å². The Morgan fingerprint density at radius 2 is 2.18 bits per heavy atom. The van der Waals surface area contributed by atoms with Crippen LogP contribution in [0.1, 0.15) is 19.8 Å². The van der Waals surface area contributed by atoms with Crippen LogP contribution in [0, 0.1) is 0 Å². The molecule has 3 nitrogen and oxygen atoms in total. The highest BCUT2D eigenvalue weighted by Crippen LogP contribution is 2.30. The molecule has 0 aromatic rings. The van der Waals surface area contributed by atoms with Crippen molar-refractivity contribution in [2.45, 2.75) is 29.0 Å². The SMILES string of the molecule is CC(Br)(Br)CC[C@H](N)C(=O)O. The minimum atomic E-state index is -0.950. The fraction of sp³-hybridized carbons (Fsp3) is 0.833. The first-order valence-electron chi connectivity index (χ1n) is 3.19. The molecule has 5 heteroatoms. The molecule has 0 aliphatic carbocycles. The molecule has 1 atom stereocenters. The number of carbonyl (C=O) groups is 1. The molecule has 0 heterocycles. The summed E-state index contributed by atoms with van der Waals surface area (Å²) in [5.41, 5.74) is 5.28. The summed E-state index contributed by atoms with van der Waals surface area (Å²) in [6.45, 7) is 1.90. The first-order valence-corrected chi connectivity index (χ1v) is 4.78. The van der Waals surface area contributed by atoms with Crippen LogP contribution >= 0.6 is 31.9 Å². The molecule has 0 bridgehead atoms. The van der Waals surface area contributed by atoms with Gasteiger partial charge < -0.3 is 10.8 Å². The van der Waals surface area contributed by atoms with Gasteiger partial charge >= 0.3 is 5.97 Å². The van der Waals surface area contributed by atoms with Crippen LogP contribution in [0.25, 0.3) is 0 Å². The van der Waals surface area contributed by atoms with Crippen molar-refractivity contribution in [1.82, 2.24) is 0 Å². The maximum Gasteiger partial charge on any atom is 0.320 e. The molecule has 0 aromatic heterocycles. The summed E-state index contributed by atoms with van der Waals surface area (Å²) in [5.74, 6) is -0.950. The highest BCUT2D eigenvalue weighted by molar-refractivity contribution is 9.25. The average Bonchev–Trinajstić information content (AvgIpc) is 1.80. The first-order chi connectivity index (χ1) is 4.83. The van der Waals surface area contributed by atoms with Crippen molar-refractivity contribution in [1.29, 1.82) is 0 Å². The van der Waals surface area contributed by atoms with E-state index in [4.69, 9.17) is 10.8 Å². The number of nitrogens with two attached hydrogens (primary N) is 1. The number of carboxylic acids is 1. The van der Waals surface area contributed by atoms with Gasteiger partial charge in [0.25, 0.3) is 0 Å². The van der Waals surface area contributed by atoms with Crippen molar-refractivity contribution in [3.8, 4) is 0 Å². The standard InChI is InChI=1S/C6H11Br2NO2/c1-6(7,8)3-2-4(9)5(10)11/h4H,2-3,9H2,1H3,(H,10,11)/t4-/m0/s1. The van der Waals surface area contributed by atoms with Crippen LogP contribution in [0.3, 0.4) is 0 Å². The van der Waals surface area contributed by atoms with E-state index in [9.17, 15) is 4.79 Å². The highest BCUT2D eigenvalue weighted by Gasteiger charge is 2.19. The Balaban J connectivity index is 3.63. The molecule has 0 aliphatic rings. The summed E-state index contributed by atoms with van der Waals surface area (Å²) in [5, 5.41) is 8.42. The van der Waals surface area contributed by atoms with Crippen LogP contribution in [0.2, 0.25) is 0 Å². The summed E-state index contributed by atoms with van der Waals surface area (Å²) in [7, 11) is 0. The third kappa shape index (κ3) is 6.77. The van der Waals surface area contributed by atoms with Gasteiger partial charge in [0.15, 0.2) is 0 Å². The lowest BCUT2D eigenvalue weighted by atomic mass is 10.1. The Kier molecular flexibility index (Phi) is 4.58. The number of hydrogen-bond donors (Lipinski definition) is 2. The van der Waals surface area contributed by atoms with Crippen molar-refractivity contribution in [3.05, 3.63) is 0 Å². The molecule has 0 aliphatic heterocycles. The van der Waals surface area contributed by atoms with Crippen LogP contribution in [-0.4, -0.2) is 20.4 Å². The van der Waals surface area contributed by atoms with E-state index in [2.05, 4.69) is 31.9 Å². The zero-order chi connectivity index (χ0) is 9.07. The quantitative estimate of drug-likeness (QED) is 0.774. The second-order valence-electron chi connectivity index (χ2n) is 2.55. The van der Waals surface area contributed by atoms with Crippen LogP contribution in [-0.2, 0) is 4.79 Å². The summed E-state index contributed by atoms with van der Waals surface area (Å²) >= 11 is 6.65. The molecule has 0 rings (SSSR count). The number of halogens is 2. The van der Waals surface area contributed by atoms with Crippen LogP contribution in [0.5, 0.6) is 0 Å². The van der Waals surface area contributed by atoms with Crippen molar-refractivity contribution in [2.24, 2.45) is 5.73 Å². The van der Waals surface area contributed by atoms with Crippen molar-refractivity contribution in [3.63, 3.8) is 0 Å². The van der Waals surface area contributed by atoms with E-state index in [0.717, 1.165) is 0 Å². The molecule has 0 radical (unpaired) electrons. The minimum absolute atomic E-state index is 0.201. The van der Waals surface area contributed by atoms with Gasteiger partial charge in [0.05, 0.1) is 3.23 Å². The van der Waals surface area contributed by atoms with E-state index in [1.54, 1.807) is 0 Å². The normalized spacial score (nSPS) is 14.5. The van der Waals surface area contributed by atoms with E-state index in [0.29, 0.717) is 12.8 Å². The second kappa shape index (κ2) is 4.42. The van der Waals surface area contributed by atoms with E-state index in [1.165, 1.54) is 0 Å². The van der Waals surface area contributed by atoms with Gasteiger partial charge in [-0.15, -0.1) is 0 Å². The number of rotatable bonds is 4. The molecule has 11 heavy (non-hydrogen) atoms. The predicted octanol–water partition coefficient (Wildman–Crippen LogP) is 1.68. The van der Waals surface area contributed by atoms with Crippen molar-refractivity contribution >= 4 is 37.8 Å². The predicted molar refractivity (Wildman–Crippen MR) is 51.1 cm³/mol. The molecule has 66 valence electrons. The summed E-state index contributed by atoms with van der Waals surface area (Å²) in [6.07, 6.45) is 1.14. The zero-order valence-electron chi connectivity index (χ0n) is 6.18. The number of alkyl halides is 2. The minimum Gasteiger partial charge on any atom is -0.480 e. The second-order valence-corrected chi connectivity index (χ2v) is 7.12. The van der Waals surface area contributed by atoms with Crippen LogP contribution in [0.4, 0.5) is 0 Å². The van der Waals surface area contributed by atoms with Crippen molar-refractivity contribution in [2.75, 3.05) is 0 Å². The Morgan fingerprint density at radius 1 is 1.73 bits per heavy atom. The van der Waals surface area contributed by atoms with Gasteiger partial charge in [-0.3, -0.25) is 4.79 Å². The zero-order valence-corrected chi connectivity index (χ0v) is 9.35. The number of hydrogen-bond acceptors (Lipinski definition) is 2. The fourth-order valence-electron chi connectivity index (χ4n) is 0.532. The van der Waals surface area contributed by atoms with Gasteiger partial charge in [0.1, 0.15) is 6.04 Å². The molecule has 0 aromatic carbocycles. The Morgan fingerprint density at radius 3 is 2.45 bits per heavy atom. The topological polar surface area (TPSA) is 63.3 Å². The lowest BCUT2D eigenvalue weighted by molar-refractivity contribution is -0.138. The van der Waals surface area contributed by atoms with Gasteiger partial charge in [-0.25, -0.2) is 0 Å². The summed E-state index contributed by atoms with van der Waals surface area (Å²) in [6, 6.07) is -0.760. The first kappa shape index (κ1) is 11.4. The average molecular weight is 289 g/mol. The van der Waals surface area contributed by atoms with Gasteiger partial charge in [-0.05, 0) is 19.8 Å². The maximum absolute atomic E-state index is 10.3. The van der Waals surface area contributed by atoms with E-state index in [-0.39, 0.29) is 3.23 Å². The molecule has 3 N–H and O–H groups in total. The lowest BCUT2D eigenvalue weighted by Crippen LogP contribution is -2.31. The van der Waals surface area contributed by atoms with Gasteiger partial charge in [0, 0.05) is 0 Å². The highest BCUT2D eigenvalue weighted by atomic mass is 79.9. The third-order valence-corrected chi connectivity index (χ3v) is 2.00. The third-order valence-electron chi connectivity index (χ3n) is 1.21. The summed E-state index contributed by atoms with van der Waals surface area (Å²) in [4.78, 5) is 10.3. The smallest absolute Gasteiger partial charge is 0.320 e. The molecular formula is C6H11Br2NO2. The van der Waals surface area contributed by atoms with E-state index >= 15 is 0 Å². The monoisotopic (exact) mass is 287 g/mol. The Labute approximate surface area is 82.6 Å². The fourth-order valence-corrected chi connectivity index (χ4v) is 0.990. The van der Waals surface area contributed by atoms with Gasteiger partial charge in [-0.2, -0.15) is 0 Å². The molecule has 0 saturated heterocycles. The maximum atomic E-state index is 10.3. The number of aliphatic carboxylic acids is 1. The lowest BCUT2D eigenvalue weighted by Gasteiger charge is -2.14. The van der Waals surface area contributed by atoms with Gasteiger partial charge in [-0.1, -0.05) is 31.9 Å². The summed E-state index contributed by atoms with van der Waals surface area (Å²) < 4.78 is -0.201. The Hall–Kier alpha value is 0.390. The van der Waals surface area contributed by atoms with Crippen LogP contribution < -0.4 is 5.73 Å². The van der Waals surface area contributed by atoms with Gasteiger partial charge in [0.2, 0.25) is 0 Å². The largest absolute Gasteiger partial charge is 0.480 e. The van der Waals surface area contributed by atoms with E-state index in [1.807, 2.05) is 6.92 Å². The molecule has 0 fully saturated rings. The Bertz CT molecular complexity index is 144. The molecule has 0 saturated carbocycles. The van der Waals surface area contributed by atoms with Crippen LogP contribution in [0.15, 0.2) is 0 Å². The molecule has 0 spiro atoms. The number of carboxylic acid groups (broad SMARTS) is 1. The molecule has 0 amide bonds.